The number of amides is 2. The fourth-order valence-electron chi connectivity index (χ4n) is 8.22. The van der Waals surface area contributed by atoms with E-state index in [1.807, 2.05) is 16.4 Å². The molecule has 0 spiro atoms. The molecule has 388 valence electrons. The number of ether oxygens (including phenoxy) is 3. The van der Waals surface area contributed by atoms with Crippen molar-refractivity contribution in [3.63, 3.8) is 0 Å². The number of unbranched alkanes of at least 4 members (excludes halogenated alkanes) is 2. The van der Waals surface area contributed by atoms with Crippen LogP contribution in [0.15, 0.2) is 93.6 Å². The summed E-state index contributed by atoms with van der Waals surface area (Å²) < 4.78 is 90.2. The van der Waals surface area contributed by atoms with Gasteiger partial charge in [0.15, 0.2) is 36.6 Å². The van der Waals surface area contributed by atoms with Gasteiger partial charge in [-0.25, -0.2) is 13.9 Å². The number of allylic oxidation sites excluding steroid dienone is 2. The van der Waals surface area contributed by atoms with E-state index in [0.29, 0.717) is 57.9 Å². The van der Waals surface area contributed by atoms with Crippen molar-refractivity contribution in [2.24, 2.45) is 0 Å². The molecule has 7 heterocycles. The molecule has 4 aromatic rings. The van der Waals surface area contributed by atoms with E-state index < -0.39 is 108 Å². The Labute approximate surface area is 409 Å². The zero-order valence-corrected chi connectivity index (χ0v) is 39.8. The number of H-pyrrole nitrogens is 1. The number of carbonyl (C=O) groups is 2. The average molecular weight is 1070 g/mol. The number of phosphoric ester groups is 2. The molecule has 2 amide bonds. The molecule has 0 saturated carbocycles. The molecule has 11 atom stereocenters. The molecular weight excluding hydrogens is 1020 g/mol. The molecule has 0 aliphatic carbocycles. The van der Waals surface area contributed by atoms with Gasteiger partial charge in [0.25, 0.3) is 17.4 Å². The number of halogens is 2. The van der Waals surface area contributed by atoms with Crippen LogP contribution in [0.4, 0.5) is 8.63 Å². The van der Waals surface area contributed by atoms with Gasteiger partial charge in [0.1, 0.15) is 42.4 Å². The maximum absolute atomic E-state index is 16.3. The number of benzene rings is 1. The van der Waals surface area contributed by atoms with Crippen LogP contribution in [-0.2, 0) is 41.6 Å². The third-order valence-electron chi connectivity index (χ3n) is 11.7. The number of phosphoric acid groups is 2. The summed E-state index contributed by atoms with van der Waals surface area (Å²) in [6, 6.07) is 14.3. The van der Waals surface area contributed by atoms with Gasteiger partial charge in [0.05, 0.1) is 6.61 Å². The van der Waals surface area contributed by atoms with Crippen LogP contribution in [0.25, 0.3) is 16.6 Å². The van der Waals surface area contributed by atoms with E-state index in [1.54, 1.807) is 60.7 Å². The number of aromatic nitrogens is 3. The van der Waals surface area contributed by atoms with E-state index in [-0.39, 0.29) is 19.7 Å². The van der Waals surface area contributed by atoms with E-state index >= 15 is 8.63 Å². The Balaban J connectivity index is 0.735. The molecule has 4 aliphatic rings. The van der Waals surface area contributed by atoms with Crippen LogP contribution in [0.2, 0.25) is 0 Å². The summed E-state index contributed by atoms with van der Waals surface area (Å²) in [5, 5.41) is 58.8. The largest absolute Gasteiger partial charge is 0.737 e. The monoisotopic (exact) mass is 1070 g/mol. The van der Waals surface area contributed by atoms with Gasteiger partial charge in [-0.05, 0) is 67.1 Å². The highest BCUT2D eigenvalue weighted by Gasteiger charge is 2.54. The highest BCUT2D eigenvalue weighted by atomic mass is 32.1. The van der Waals surface area contributed by atoms with Crippen molar-refractivity contribution < 1.29 is 94.7 Å². The van der Waals surface area contributed by atoms with Crippen LogP contribution in [0.3, 0.4) is 0 Å². The van der Waals surface area contributed by atoms with Crippen molar-refractivity contribution in [1.82, 2.24) is 24.7 Å². The summed E-state index contributed by atoms with van der Waals surface area (Å²) in [7, 11) is -11.5. The first-order valence-corrected chi connectivity index (χ1v) is 25.8. The molecule has 0 radical (unpaired) electrons. The number of aliphatic hydroxyl groups is 5. The van der Waals surface area contributed by atoms with Gasteiger partial charge >= 0.3 is 28.3 Å². The fraction of sp³-hybridized carbons (Fsp3) is 0.390. The molecule has 31 heteroatoms. The van der Waals surface area contributed by atoms with E-state index in [1.165, 1.54) is 11.3 Å². The maximum atomic E-state index is 16.3. The molecule has 1 aromatic carbocycles. The van der Waals surface area contributed by atoms with Gasteiger partial charge in [-0.1, -0.05) is 6.07 Å². The molecule has 2 saturated heterocycles. The lowest BCUT2D eigenvalue weighted by Gasteiger charge is -2.39. The van der Waals surface area contributed by atoms with Gasteiger partial charge in [-0.2, -0.15) is 4.31 Å². The second-order valence-electron chi connectivity index (χ2n) is 16.6. The molecule has 8 rings (SSSR count). The van der Waals surface area contributed by atoms with Crippen molar-refractivity contribution in [3.8, 4) is 16.3 Å². The minimum atomic E-state index is -5.82. The van der Waals surface area contributed by atoms with Gasteiger partial charge in [-0.3, -0.25) is 33.0 Å². The van der Waals surface area contributed by atoms with Crippen LogP contribution >= 0.6 is 27.0 Å². The standard InChI is InChI=1S/C41H47BF2N6O19P2S/c43-42(44)49-23(19-24-9-13-27(50(24)42)29-5-4-18-72-29)8-12-26(49)22-6-10-25(11-7-22)64-21-31(52)45-15-2-1-3-16-46-38(58)37-34(55)33(54)36(57)40(67-37)68-71(62,63)69-70(60,61)65-20-28-32(53)35(56)39(66-28)48-17-14-30(51)47-41(48)59/h4-14,17-19,28,32-37,39-40,53-57H,1-3,15-16,20-21H2,(H,45,52)(H,46,58)(H,60,61)(H,62,63)(H,47,51,59)/t28?,32?,33-,34-,35?,36+,37-,39?,40+/m0/s1. The number of nitrogens with zero attached hydrogens (tertiary/aromatic N) is 3. The molecule has 6 unspecified atom stereocenters. The molecular formula is C41H47BF2N6O19P2S. The lowest BCUT2D eigenvalue weighted by Crippen LogP contribution is -2.61. The number of hydrogen-bond acceptors (Lipinski definition) is 18. The minimum absolute atomic E-state index is 0.0272. The van der Waals surface area contributed by atoms with Crippen LogP contribution < -0.4 is 26.6 Å². The van der Waals surface area contributed by atoms with Crippen molar-refractivity contribution >= 4 is 57.6 Å². The van der Waals surface area contributed by atoms with Crippen molar-refractivity contribution in [3.05, 3.63) is 116 Å². The second kappa shape index (κ2) is 21.6. The maximum Gasteiger partial charge on any atom is 0.737 e. The zero-order chi connectivity index (χ0) is 51.7. The Morgan fingerprint density at radius 3 is 2.31 bits per heavy atom. The molecule has 2 fully saturated rings. The molecule has 3 aromatic heterocycles. The summed E-state index contributed by atoms with van der Waals surface area (Å²) in [4.78, 5) is 71.9. The fourth-order valence-corrected chi connectivity index (χ4v) is 11.1. The second-order valence-corrected chi connectivity index (χ2v) is 20.6. The van der Waals surface area contributed by atoms with Crippen molar-refractivity contribution in [1.29, 1.82) is 0 Å². The Bertz CT molecular complexity index is 2970. The van der Waals surface area contributed by atoms with E-state index in [9.17, 15) is 63.6 Å². The first-order chi connectivity index (χ1) is 34.1. The average Bonchev–Trinajstić information content (AvgIpc) is 4.16. The Hall–Kier alpha value is -5.33. The number of carbonyl (C=O) groups excluding carboxylic acids is 2. The van der Waals surface area contributed by atoms with Crippen LogP contribution in [0, 0.1) is 0 Å². The minimum Gasteiger partial charge on any atom is -0.484 e. The topological polar surface area (TPSA) is 352 Å². The molecule has 10 N–H and O–H groups in total. The first-order valence-electron chi connectivity index (χ1n) is 22.0. The zero-order valence-electron chi connectivity index (χ0n) is 37.2. The normalized spacial score (nSPS) is 27.1. The van der Waals surface area contributed by atoms with E-state index in [0.717, 1.165) is 26.1 Å². The SMILES string of the molecule is O=C(COc1ccc(C2=[N+]3C(=Cc4ccc(-c5cccs5)n4[B-]3(F)F)C=C2)cc1)NCCCCCNC(=O)[C@H]1O[C@H](OP(=O)(O)OP(=O)(O)OCC2OC(n3ccc(=O)[nH]c3=O)C(O)C2O)[C@H](O)[C@@H](O)[C@@H]1O. The Morgan fingerprint density at radius 1 is 0.861 bits per heavy atom. The summed E-state index contributed by atoms with van der Waals surface area (Å²) in [6.45, 7) is -5.48. The van der Waals surface area contributed by atoms with Crippen LogP contribution in [-0.4, -0.2) is 154 Å². The number of aromatic amines is 1. The number of rotatable bonds is 20. The first kappa shape index (κ1) is 53.0. The number of thiophene rings is 1. The van der Waals surface area contributed by atoms with Crippen molar-refractivity contribution in [2.45, 2.75) is 74.5 Å². The smallest absolute Gasteiger partial charge is 0.484 e. The molecule has 72 heavy (non-hydrogen) atoms. The van der Waals surface area contributed by atoms with E-state index in [2.05, 4.69) is 24.0 Å². The lowest BCUT2D eigenvalue weighted by atomic mass is 9.90. The Morgan fingerprint density at radius 2 is 1.60 bits per heavy atom. The Kier molecular flexibility index (Phi) is 15.9. The third-order valence-corrected chi connectivity index (χ3v) is 15.2. The quantitative estimate of drug-likeness (QED) is 0.0313. The highest BCUT2D eigenvalue weighted by Crippen LogP contribution is 2.61. The number of aliphatic hydroxyl groups excluding tert-OH is 5. The highest BCUT2D eigenvalue weighted by molar-refractivity contribution is 7.61. The third kappa shape index (κ3) is 11.6. The summed E-state index contributed by atoms with van der Waals surface area (Å²) >= 11 is 1.38. The molecule has 0 bridgehead atoms. The predicted molar refractivity (Wildman–Crippen MR) is 246 cm³/mol. The number of nitrogens with one attached hydrogen (secondary N) is 3. The summed E-state index contributed by atoms with van der Waals surface area (Å²) in [6.07, 6.45) is -10.8. The van der Waals surface area contributed by atoms with Crippen molar-refractivity contribution in [2.75, 3.05) is 26.3 Å². The predicted octanol–water partition coefficient (Wildman–Crippen LogP) is -0.125. The summed E-state index contributed by atoms with van der Waals surface area (Å²) in [5.74, 6) is -1.17. The van der Waals surface area contributed by atoms with Gasteiger partial charge in [0.2, 0.25) is 0 Å². The molecule has 25 nitrogen and oxygen atoms in total. The van der Waals surface area contributed by atoms with Gasteiger partial charge < -0.3 is 77.8 Å². The summed E-state index contributed by atoms with van der Waals surface area (Å²) in [5.41, 5.74) is 0.209. The number of hydrogen-bond donors (Lipinski definition) is 10. The van der Waals surface area contributed by atoms with Gasteiger partial charge in [0, 0.05) is 65.4 Å². The van der Waals surface area contributed by atoms with E-state index in [4.69, 9.17) is 14.2 Å². The van der Waals surface area contributed by atoms with Gasteiger partial charge in [-0.15, -0.1) is 11.3 Å². The van der Waals surface area contributed by atoms with Crippen LogP contribution in [0.1, 0.15) is 36.7 Å². The molecule has 4 aliphatic heterocycles. The number of fused-ring (bicyclic) bond motifs is 2. The lowest BCUT2D eigenvalue weighted by molar-refractivity contribution is -0.360. The van der Waals surface area contributed by atoms with Crippen LogP contribution in [0.5, 0.6) is 5.75 Å².